The first kappa shape index (κ1) is 22.9. The fourth-order valence-corrected chi connectivity index (χ4v) is 4.20. The average molecular weight is 478 g/mol. The first-order chi connectivity index (χ1) is 16.9. The molecule has 10 heteroatoms. The number of fused-ring (bicyclic) bond motifs is 1. The lowest BCUT2D eigenvalue weighted by Gasteiger charge is -2.31. The summed E-state index contributed by atoms with van der Waals surface area (Å²) in [6, 6.07) is 11.2. The average Bonchev–Trinajstić information content (AvgIpc) is 3.29. The van der Waals surface area contributed by atoms with E-state index in [0.29, 0.717) is 36.5 Å². The molecular weight excluding hydrogens is 452 g/mol. The van der Waals surface area contributed by atoms with Gasteiger partial charge in [-0.3, -0.25) is 19.8 Å². The van der Waals surface area contributed by atoms with Crippen molar-refractivity contribution in [2.45, 2.75) is 25.3 Å². The second-order valence-electron chi connectivity index (χ2n) is 8.68. The Morgan fingerprint density at radius 3 is 2.66 bits per heavy atom. The van der Waals surface area contributed by atoms with E-state index in [9.17, 15) is 13.6 Å². The van der Waals surface area contributed by atoms with Crippen LogP contribution in [0.5, 0.6) is 0 Å². The van der Waals surface area contributed by atoms with Crippen molar-refractivity contribution in [1.82, 2.24) is 25.1 Å². The van der Waals surface area contributed by atoms with Crippen molar-refractivity contribution in [3.05, 3.63) is 66.2 Å². The smallest absolute Gasteiger partial charge is 0.276 e. The Morgan fingerprint density at radius 2 is 1.91 bits per heavy atom. The maximum Gasteiger partial charge on any atom is 0.276 e. The summed E-state index contributed by atoms with van der Waals surface area (Å²) >= 11 is 0. The van der Waals surface area contributed by atoms with E-state index in [4.69, 9.17) is 0 Å². The molecule has 0 saturated carbocycles. The van der Waals surface area contributed by atoms with Crippen molar-refractivity contribution < 1.29 is 13.6 Å². The number of aromatic amines is 1. The van der Waals surface area contributed by atoms with E-state index in [1.807, 2.05) is 29.2 Å². The molecule has 3 N–H and O–H groups in total. The second kappa shape index (κ2) is 9.38. The van der Waals surface area contributed by atoms with Crippen LogP contribution < -0.4 is 10.6 Å². The van der Waals surface area contributed by atoms with Crippen LogP contribution in [-0.2, 0) is 6.54 Å². The van der Waals surface area contributed by atoms with E-state index in [1.54, 1.807) is 37.8 Å². The molecule has 1 amide bonds. The SMILES string of the molecule is CNc1ccc(NC(=O)c2n[nH]c3ccc(-c4cncc(CN5CCC(F)(F)CC5)c4)cc23)cn1. The van der Waals surface area contributed by atoms with E-state index in [2.05, 4.69) is 30.8 Å². The number of aromatic nitrogens is 4. The van der Waals surface area contributed by atoms with Gasteiger partial charge in [-0.1, -0.05) is 6.07 Å². The number of amides is 1. The third-order valence-corrected chi connectivity index (χ3v) is 6.18. The standard InChI is InChI=1S/C25H25F2N7O/c1-28-22-5-3-19(14-30-22)31-24(35)23-20-11-17(2-4-21(20)32-33-23)18-10-16(12-29-13-18)15-34-8-6-25(26,27)7-9-34/h2-5,10-14H,6-9,15H2,1H3,(H,28,30)(H,31,35)(H,32,33). The van der Waals surface area contributed by atoms with Crippen LogP contribution in [0.3, 0.4) is 0 Å². The van der Waals surface area contributed by atoms with Crippen molar-refractivity contribution in [3.8, 4) is 11.1 Å². The van der Waals surface area contributed by atoms with Crippen LogP contribution in [0, 0.1) is 0 Å². The number of carbonyl (C=O) groups excluding carboxylic acids is 1. The van der Waals surface area contributed by atoms with E-state index < -0.39 is 5.92 Å². The highest BCUT2D eigenvalue weighted by molar-refractivity contribution is 6.11. The van der Waals surface area contributed by atoms with Gasteiger partial charge in [0, 0.05) is 62.9 Å². The van der Waals surface area contributed by atoms with Crippen molar-refractivity contribution in [1.29, 1.82) is 0 Å². The molecule has 8 nitrogen and oxygen atoms in total. The second-order valence-corrected chi connectivity index (χ2v) is 8.68. The Hall–Kier alpha value is -3.92. The zero-order chi connectivity index (χ0) is 24.4. The molecule has 180 valence electrons. The topological polar surface area (TPSA) is 98.8 Å². The van der Waals surface area contributed by atoms with Gasteiger partial charge in [-0.25, -0.2) is 13.8 Å². The minimum Gasteiger partial charge on any atom is -0.373 e. The zero-order valence-corrected chi connectivity index (χ0v) is 19.2. The zero-order valence-electron chi connectivity index (χ0n) is 19.2. The lowest BCUT2D eigenvalue weighted by atomic mass is 10.0. The third kappa shape index (κ3) is 5.12. The number of nitrogens with one attached hydrogen (secondary N) is 3. The number of rotatable bonds is 6. The van der Waals surface area contributed by atoms with Crippen LogP contribution in [0.4, 0.5) is 20.3 Å². The predicted octanol–water partition coefficient (Wildman–Crippen LogP) is 4.55. The molecule has 1 saturated heterocycles. The molecule has 0 spiro atoms. The van der Waals surface area contributed by atoms with Crippen LogP contribution in [0.2, 0.25) is 0 Å². The molecule has 1 aliphatic rings. The number of benzene rings is 1. The summed E-state index contributed by atoms with van der Waals surface area (Å²) < 4.78 is 26.9. The van der Waals surface area contributed by atoms with E-state index in [1.165, 1.54) is 0 Å². The molecule has 1 aromatic carbocycles. The Morgan fingerprint density at radius 1 is 1.09 bits per heavy atom. The van der Waals surface area contributed by atoms with Crippen LogP contribution in [0.1, 0.15) is 28.9 Å². The summed E-state index contributed by atoms with van der Waals surface area (Å²) in [6.45, 7) is 1.30. The van der Waals surface area contributed by atoms with E-state index >= 15 is 0 Å². The fourth-order valence-electron chi connectivity index (χ4n) is 4.20. The number of pyridine rings is 2. The number of carbonyl (C=O) groups is 1. The Balaban J connectivity index is 1.35. The van der Waals surface area contributed by atoms with Gasteiger partial charge in [0.05, 0.1) is 17.4 Å². The molecule has 3 aromatic heterocycles. The lowest BCUT2D eigenvalue weighted by Crippen LogP contribution is -2.38. The molecule has 4 heterocycles. The number of halogens is 2. The van der Waals surface area contributed by atoms with Crippen LogP contribution >= 0.6 is 0 Å². The molecule has 1 aliphatic heterocycles. The number of piperidine rings is 1. The highest BCUT2D eigenvalue weighted by atomic mass is 19.3. The summed E-state index contributed by atoms with van der Waals surface area (Å²) in [5.74, 6) is -2.21. The molecule has 1 fully saturated rings. The van der Waals surface area contributed by atoms with Gasteiger partial charge in [0.2, 0.25) is 0 Å². The Kier molecular flexibility index (Phi) is 6.12. The van der Waals surface area contributed by atoms with Gasteiger partial charge in [0.1, 0.15) is 5.82 Å². The number of hydrogen-bond donors (Lipinski definition) is 3. The van der Waals surface area contributed by atoms with Crippen molar-refractivity contribution in [3.63, 3.8) is 0 Å². The first-order valence-corrected chi connectivity index (χ1v) is 11.4. The summed E-state index contributed by atoms with van der Waals surface area (Å²) in [5, 5.41) is 13.6. The van der Waals surface area contributed by atoms with Gasteiger partial charge < -0.3 is 10.6 Å². The van der Waals surface area contributed by atoms with Crippen LogP contribution in [0.25, 0.3) is 22.0 Å². The largest absolute Gasteiger partial charge is 0.373 e. The highest BCUT2D eigenvalue weighted by Crippen LogP contribution is 2.29. The number of hydrogen-bond acceptors (Lipinski definition) is 6. The number of nitrogens with zero attached hydrogens (tertiary/aromatic N) is 4. The van der Waals surface area contributed by atoms with Crippen LogP contribution in [0.15, 0.2) is 55.0 Å². The first-order valence-electron chi connectivity index (χ1n) is 11.4. The van der Waals surface area contributed by atoms with Gasteiger partial charge in [0.15, 0.2) is 5.69 Å². The van der Waals surface area contributed by atoms with E-state index in [-0.39, 0.29) is 24.4 Å². The van der Waals surface area contributed by atoms with Crippen molar-refractivity contribution in [2.75, 3.05) is 30.8 Å². The minimum atomic E-state index is -2.56. The molecule has 0 atom stereocenters. The molecular formula is C25H25F2N7O. The number of alkyl halides is 2. The molecule has 5 rings (SSSR count). The summed E-state index contributed by atoms with van der Waals surface area (Å²) in [6.07, 6.45) is 4.86. The van der Waals surface area contributed by atoms with Crippen LogP contribution in [-0.4, -0.2) is 57.0 Å². The monoisotopic (exact) mass is 477 g/mol. The lowest BCUT2D eigenvalue weighted by molar-refractivity contribution is -0.0566. The minimum absolute atomic E-state index is 0.113. The maximum atomic E-state index is 13.5. The van der Waals surface area contributed by atoms with Gasteiger partial charge >= 0.3 is 0 Å². The summed E-state index contributed by atoms with van der Waals surface area (Å²) in [4.78, 5) is 23.5. The summed E-state index contributed by atoms with van der Waals surface area (Å²) in [5.41, 5.74) is 4.29. The Bertz CT molecular complexity index is 1340. The predicted molar refractivity (Wildman–Crippen MR) is 131 cm³/mol. The van der Waals surface area contributed by atoms with Gasteiger partial charge in [-0.05, 0) is 41.5 Å². The fraction of sp³-hybridized carbons (Fsp3) is 0.280. The maximum absolute atomic E-state index is 13.5. The molecule has 0 bridgehead atoms. The van der Waals surface area contributed by atoms with Gasteiger partial charge in [-0.2, -0.15) is 5.10 Å². The summed E-state index contributed by atoms with van der Waals surface area (Å²) in [7, 11) is 1.77. The molecule has 35 heavy (non-hydrogen) atoms. The third-order valence-electron chi connectivity index (χ3n) is 6.18. The highest BCUT2D eigenvalue weighted by Gasteiger charge is 2.33. The normalized spacial score (nSPS) is 15.7. The Labute approximate surface area is 200 Å². The number of H-pyrrole nitrogens is 1. The molecule has 4 aromatic rings. The van der Waals surface area contributed by atoms with Gasteiger partial charge in [0.25, 0.3) is 11.8 Å². The van der Waals surface area contributed by atoms with E-state index in [0.717, 1.165) is 22.2 Å². The molecule has 0 unspecified atom stereocenters. The number of anilines is 2. The molecule has 0 radical (unpaired) electrons. The van der Waals surface area contributed by atoms with Crippen molar-refractivity contribution in [2.24, 2.45) is 0 Å². The quantitative estimate of drug-likeness (QED) is 0.377. The van der Waals surface area contributed by atoms with Crippen molar-refractivity contribution >= 4 is 28.3 Å². The molecule has 0 aliphatic carbocycles. The van der Waals surface area contributed by atoms with Gasteiger partial charge in [-0.15, -0.1) is 0 Å². The number of likely N-dealkylation sites (tertiary alicyclic amines) is 1.